The Labute approximate surface area is 172 Å². The predicted octanol–water partition coefficient (Wildman–Crippen LogP) is 6.37. The van der Waals surface area contributed by atoms with Gasteiger partial charge in [0.25, 0.3) is 0 Å². The van der Waals surface area contributed by atoms with Crippen LogP contribution in [0, 0.1) is 0 Å². The molecule has 0 bridgehead atoms. The molecule has 6 heteroatoms. The third kappa shape index (κ3) is 8.56. The SMILES string of the molecule is C[Si](C)(C)C[Si](C)(C)CCCCCCOc1cnc(-c2ccc(O)cc2)nc1. The molecule has 2 aromatic rings. The van der Waals surface area contributed by atoms with Gasteiger partial charge in [-0.2, -0.15) is 0 Å². The summed E-state index contributed by atoms with van der Waals surface area (Å²) < 4.78 is 5.78. The Kier molecular flexibility index (Phi) is 8.25. The van der Waals surface area contributed by atoms with Crippen molar-refractivity contribution in [1.82, 2.24) is 9.97 Å². The van der Waals surface area contributed by atoms with Gasteiger partial charge in [0.1, 0.15) is 5.75 Å². The lowest BCUT2D eigenvalue weighted by Crippen LogP contribution is -2.37. The summed E-state index contributed by atoms with van der Waals surface area (Å²) >= 11 is 0. The second-order valence-electron chi connectivity index (χ2n) is 9.70. The van der Waals surface area contributed by atoms with Crippen molar-refractivity contribution in [2.75, 3.05) is 6.61 Å². The van der Waals surface area contributed by atoms with E-state index in [0.29, 0.717) is 11.6 Å². The molecule has 0 aliphatic rings. The molecule has 28 heavy (non-hydrogen) atoms. The lowest BCUT2D eigenvalue weighted by Gasteiger charge is -2.29. The van der Waals surface area contributed by atoms with Crippen LogP contribution in [-0.4, -0.2) is 37.8 Å². The van der Waals surface area contributed by atoms with Crippen LogP contribution < -0.4 is 4.74 Å². The summed E-state index contributed by atoms with van der Waals surface area (Å²) in [5.74, 6) is 1.59. The molecule has 1 N–H and O–H groups in total. The quantitative estimate of drug-likeness (QED) is 0.341. The first-order valence-electron chi connectivity index (χ1n) is 10.4. The summed E-state index contributed by atoms with van der Waals surface area (Å²) in [6, 6.07) is 8.35. The van der Waals surface area contributed by atoms with Crippen molar-refractivity contribution in [3.05, 3.63) is 36.7 Å². The van der Waals surface area contributed by atoms with Gasteiger partial charge in [0.05, 0.1) is 19.0 Å². The van der Waals surface area contributed by atoms with Gasteiger partial charge in [-0.15, -0.1) is 0 Å². The molecule has 0 amide bonds. The number of nitrogens with zero attached hydrogens (tertiary/aromatic N) is 2. The minimum atomic E-state index is -0.996. The average molecular weight is 417 g/mol. The summed E-state index contributed by atoms with van der Waals surface area (Å²) in [5.41, 5.74) is 2.42. The van der Waals surface area contributed by atoms with Crippen LogP contribution in [0.2, 0.25) is 44.4 Å². The van der Waals surface area contributed by atoms with Gasteiger partial charge in [-0.25, -0.2) is 9.97 Å². The van der Waals surface area contributed by atoms with E-state index in [1.165, 1.54) is 25.3 Å². The van der Waals surface area contributed by atoms with Crippen LogP contribution in [0.5, 0.6) is 11.5 Å². The molecule has 1 aromatic heterocycles. The number of hydrogen-bond acceptors (Lipinski definition) is 4. The number of aromatic hydroxyl groups is 1. The smallest absolute Gasteiger partial charge is 0.159 e. The normalized spacial score (nSPS) is 12.2. The van der Waals surface area contributed by atoms with Crippen molar-refractivity contribution in [3.8, 4) is 22.9 Å². The molecule has 0 aliphatic heterocycles. The van der Waals surface area contributed by atoms with E-state index in [0.717, 1.165) is 18.6 Å². The first kappa shape index (κ1) is 22.6. The lowest BCUT2D eigenvalue weighted by molar-refractivity contribution is 0.302. The van der Waals surface area contributed by atoms with Gasteiger partial charge in [-0.3, -0.25) is 0 Å². The highest BCUT2D eigenvalue weighted by molar-refractivity contribution is 6.94. The van der Waals surface area contributed by atoms with E-state index in [9.17, 15) is 5.11 Å². The van der Waals surface area contributed by atoms with Gasteiger partial charge in [0.2, 0.25) is 0 Å². The molecule has 154 valence electrons. The third-order valence-corrected chi connectivity index (χ3v) is 14.6. The predicted molar refractivity (Wildman–Crippen MR) is 124 cm³/mol. The summed E-state index contributed by atoms with van der Waals surface area (Å²) in [6.45, 7) is 13.4. The molecule has 0 saturated carbocycles. The number of aromatic nitrogens is 2. The van der Waals surface area contributed by atoms with Crippen LogP contribution >= 0.6 is 0 Å². The molecule has 0 spiro atoms. The number of phenolic OH excluding ortho intramolecular Hbond substituents is 1. The topological polar surface area (TPSA) is 55.2 Å². The van der Waals surface area contributed by atoms with Crippen molar-refractivity contribution in [3.63, 3.8) is 0 Å². The van der Waals surface area contributed by atoms with E-state index in [4.69, 9.17) is 4.74 Å². The first-order chi connectivity index (χ1) is 13.1. The Bertz CT molecular complexity index is 711. The fraction of sp³-hybridized carbons (Fsp3) is 0.545. The molecule has 0 aliphatic carbocycles. The van der Waals surface area contributed by atoms with Crippen molar-refractivity contribution in [1.29, 1.82) is 0 Å². The van der Waals surface area contributed by atoms with E-state index in [2.05, 4.69) is 42.7 Å². The maximum atomic E-state index is 9.35. The number of ether oxygens (including phenoxy) is 1. The fourth-order valence-corrected chi connectivity index (χ4v) is 17.3. The van der Waals surface area contributed by atoms with E-state index < -0.39 is 16.1 Å². The van der Waals surface area contributed by atoms with Gasteiger partial charge in [0, 0.05) is 21.7 Å². The van der Waals surface area contributed by atoms with Crippen LogP contribution in [0.15, 0.2) is 36.7 Å². The van der Waals surface area contributed by atoms with Gasteiger partial charge >= 0.3 is 0 Å². The Balaban J connectivity index is 1.63. The van der Waals surface area contributed by atoms with E-state index in [1.807, 2.05) is 0 Å². The molecule has 0 radical (unpaired) electrons. The number of unbranched alkanes of at least 4 members (excludes halogenated alkanes) is 3. The van der Waals surface area contributed by atoms with Crippen molar-refractivity contribution in [2.45, 2.75) is 70.1 Å². The van der Waals surface area contributed by atoms with Crippen LogP contribution in [0.4, 0.5) is 0 Å². The number of rotatable bonds is 11. The maximum Gasteiger partial charge on any atom is 0.159 e. The highest BCUT2D eigenvalue weighted by Gasteiger charge is 2.27. The maximum absolute atomic E-state index is 9.35. The third-order valence-electron chi connectivity index (χ3n) is 4.78. The highest BCUT2D eigenvalue weighted by atomic mass is 28.4. The zero-order valence-electron chi connectivity index (χ0n) is 18.2. The Morgan fingerprint density at radius 2 is 1.46 bits per heavy atom. The molecule has 0 saturated heterocycles. The van der Waals surface area contributed by atoms with Gasteiger partial charge in [-0.1, -0.05) is 63.7 Å². The monoisotopic (exact) mass is 416 g/mol. The van der Waals surface area contributed by atoms with Gasteiger partial charge in [-0.05, 0) is 30.7 Å². The molecule has 0 fully saturated rings. The minimum Gasteiger partial charge on any atom is -0.508 e. The Morgan fingerprint density at radius 3 is 2.07 bits per heavy atom. The van der Waals surface area contributed by atoms with Crippen LogP contribution in [0.3, 0.4) is 0 Å². The highest BCUT2D eigenvalue weighted by Crippen LogP contribution is 2.25. The van der Waals surface area contributed by atoms with Crippen LogP contribution in [0.25, 0.3) is 11.4 Å². The van der Waals surface area contributed by atoms with E-state index in [-0.39, 0.29) is 5.75 Å². The molecule has 2 rings (SSSR count). The van der Waals surface area contributed by atoms with E-state index >= 15 is 0 Å². The minimum absolute atomic E-state index is 0.241. The van der Waals surface area contributed by atoms with Crippen molar-refractivity contribution < 1.29 is 9.84 Å². The fourth-order valence-electron chi connectivity index (χ4n) is 3.92. The second kappa shape index (κ2) is 10.2. The standard InChI is InChI=1S/C22H36N2O2Si2/c1-27(2,3)18-28(4,5)15-9-7-6-8-14-26-21-16-23-22(24-17-21)19-10-12-20(25)13-11-19/h10-13,16-17,25H,6-9,14-15,18H2,1-5H3. The lowest BCUT2D eigenvalue weighted by atomic mass is 10.2. The number of hydrogen-bond donors (Lipinski definition) is 1. The zero-order chi connectivity index (χ0) is 20.6. The van der Waals surface area contributed by atoms with Crippen molar-refractivity contribution >= 4 is 16.1 Å². The molecule has 1 aromatic carbocycles. The molecule has 0 unspecified atom stereocenters. The summed E-state index contributed by atoms with van der Waals surface area (Å²) in [4.78, 5) is 8.71. The molecule has 1 heterocycles. The second-order valence-corrected chi connectivity index (χ2v) is 21.1. The van der Waals surface area contributed by atoms with Crippen molar-refractivity contribution in [2.24, 2.45) is 0 Å². The summed E-state index contributed by atoms with van der Waals surface area (Å²) in [7, 11) is -1.92. The summed E-state index contributed by atoms with van der Waals surface area (Å²) in [5, 5.41) is 9.35. The molecular formula is C22H36N2O2Si2. The summed E-state index contributed by atoms with van der Waals surface area (Å²) in [6.07, 6.45) is 8.43. The number of benzene rings is 1. The molecule has 0 atom stereocenters. The average Bonchev–Trinajstić information content (AvgIpc) is 2.60. The zero-order valence-corrected chi connectivity index (χ0v) is 20.2. The molecule has 4 nitrogen and oxygen atoms in total. The van der Waals surface area contributed by atoms with Crippen LogP contribution in [-0.2, 0) is 0 Å². The Hall–Kier alpha value is -1.67. The molecular weight excluding hydrogens is 380 g/mol. The first-order valence-corrected chi connectivity index (χ1v) is 17.5. The van der Waals surface area contributed by atoms with Gasteiger partial charge in [0.15, 0.2) is 11.6 Å². The van der Waals surface area contributed by atoms with Crippen LogP contribution in [0.1, 0.15) is 25.7 Å². The Morgan fingerprint density at radius 1 is 0.857 bits per heavy atom. The number of phenols is 1. The largest absolute Gasteiger partial charge is 0.508 e. The van der Waals surface area contributed by atoms with E-state index in [1.54, 1.807) is 42.3 Å². The van der Waals surface area contributed by atoms with Gasteiger partial charge < -0.3 is 9.84 Å².